The number of rotatable bonds is 2. The fourth-order valence-corrected chi connectivity index (χ4v) is 5.26. The first-order valence-electron chi connectivity index (χ1n) is 7.69. The molecular weight excluding hydrogens is 284 g/mol. The average Bonchev–Trinajstić information content (AvgIpc) is 3.05. The Morgan fingerprint density at radius 2 is 2.19 bits per heavy atom. The fourth-order valence-electron chi connectivity index (χ4n) is 3.63. The van der Waals surface area contributed by atoms with Gasteiger partial charge in [0.05, 0.1) is 23.4 Å². The Labute approximate surface area is 129 Å². The predicted octanol–water partition coefficient (Wildman–Crippen LogP) is 1.96. The molecule has 21 heavy (non-hydrogen) atoms. The largest absolute Gasteiger partial charge is 0.351 e. The molecule has 0 spiro atoms. The first kappa shape index (κ1) is 13.6. The maximum absolute atomic E-state index is 11.9. The summed E-state index contributed by atoms with van der Waals surface area (Å²) in [5.74, 6) is 1.21. The topological polar surface area (TPSA) is 41.6 Å². The van der Waals surface area contributed by atoms with Crippen molar-refractivity contribution >= 4 is 17.7 Å². The molecule has 0 aromatic heterocycles. The van der Waals surface area contributed by atoms with Crippen LogP contribution in [0.4, 0.5) is 0 Å². The van der Waals surface area contributed by atoms with Crippen molar-refractivity contribution in [3.63, 3.8) is 0 Å². The molecule has 5 heteroatoms. The molecule has 3 heterocycles. The Balaban J connectivity index is 1.57. The van der Waals surface area contributed by atoms with Crippen molar-refractivity contribution in [2.24, 2.45) is 0 Å². The molecular formula is C16H20N2O2S. The number of nitrogens with zero attached hydrogens (tertiary/aromatic N) is 1. The Hall–Kier alpha value is -1.04. The number of nitrogens with one attached hydrogen (secondary N) is 1. The molecule has 3 fully saturated rings. The summed E-state index contributed by atoms with van der Waals surface area (Å²) in [6.07, 6.45) is 2.81. The van der Waals surface area contributed by atoms with E-state index in [-0.39, 0.29) is 18.1 Å². The summed E-state index contributed by atoms with van der Waals surface area (Å²) in [6.45, 7) is 0.797. The summed E-state index contributed by atoms with van der Waals surface area (Å²) in [4.78, 5) is 18.2. The number of hydrogen-bond acceptors (Lipinski definition) is 4. The molecule has 1 N–H and O–H groups in total. The molecule has 112 valence electrons. The van der Waals surface area contributed by atoms with Gasteiger partial charge in [-0.25, -0.2) is 0 Å². The summed E-state index contributed by atoms with van der Waals surface area (Å²) in [6, 6.07) is 11.0. The van der Waals surface area contributed by atoms with Gasteiger partial charge in [-0.05, 0) is 18.4 Å². The summed E-state index contributed by atoms with van der Waals surface area (Å²) >= 11 is 1.96. The third-order valence-corrected chi connectivity index (χ3v) is 6.13. The second-order valence-corrected chi connectivity index (χ2v) is 7.27. The van der Waals surface area contributed by atoms with Gasteiger partial charge >= 0.3 is 0 Å². The van der Waals surface area contributed by atoms with Gasteiger partial charge in [-0.1, -0.05) is 30.3 Å². The lowest BCUT2D eigenvalue weighted by atomic mass is 10.0. The minimum atomic E-state index is 0.202. The van der Waals surface area contributed by atoms with Crippen molar-refractivity contribution in [2.45, 2.75) is 49.2 Å². The van der Waals surface area contributed by atoms with Crippen LogP contribution in [0.25, 0.3) is 0 Å². The molecule has 4 atom stereocenters. The van der Waals surface area contributed by atoms with E-state index in [9.17, 15) is 4.79 Å². The number of carbonyl (C=O) groups is 1. The lowest BCUT2D eigenvalue weighted by Crippen LogP contribution is -2.49. The number of hydrogen-bond donors (Lipinski definition) is 1. The van der Waals surface area contributed by atoms with Gasteiger partial charge in [0.1, 0.15) is 0 Å². The molecule has 1 aromatic rings. The molecule has 4 nitrogen and oxygen atoms in total. The summed E-state index contributed by atoms with van der Waals surface area (Å²) < 4.78 is 0. The van der Waals surface area contributed by atoms with Gasteiger partial charge in [-0.2, -0.15) is 16.8 Å². The molecule has 0 aliphatic carbocycles. The Morgan fingerprint density at radius 3 is 3.05 bits per heavy atom. The molecule has 2 unspecified atom stereocenters. The van der Waals surface area contributed by atoms with Crippen LogP contribution in [-0.4, -0.2) is 40.2 Å². The molecule has 3 aliphatic rings. The number of benzene rings is 1. The maximum atomic E-state index is 11.9. The highest BCUT2D eigenvalue weighted by molar-refractivity contribution is 8.00. The Morgan fingerprint density at radius 1 is 1.33 bits per heavy atom. The number of carbonyl (C=O) groups excluding carboxylic acids is 1. The maximum Gasteiger partial charge on any atom is 0.220 e. The zero-order valence-corrected chi connectivity index (χ0v) is 12.7. The summed E-state index contributed by atoms with van der Waals surface area (Å²) in [7, 11) is 0. The molecule has 4 rings (SSSR count). The van der Waals surface area contributed by atoms with Crippen molar-refractivity contribution in [2.75, 3.05) is 5.75 Å². The highest BCUT2D eigenvalue weighted by atomic mass is 32.2. The third kappa shape index (κ3) is 2.58. The van der Waals surface area contributed by atoms with Crippen LogP contribution in [0.2, 0.25) is 0 Å². The molecule has 4 bridgehead atoms. The molecule has 0 radical (unpaired) electrons. The van der Waals surface area contributed by atoms with Crippen LogP contribution in [0.1, 0.15) is 24.8 Å². The molecule has 1 amide bonds. The van der Waals surface area contributed by atoms with E-state index in [4.69, 9.17) is 4.84 Å². The van der Waals surface area contributed by atoms with Crippen molar-refractivity contribution in [3.8, 4) is 0 Å². The van der Waals surface area contributed by atoms with Gasteiger partial charge in [-0.3, -0.25) is 9.63 Å². The zero-order valence-electron chi connectivity index (χ0n) is 11.9. The first-order valence-corrected chi connectivity index (χ1v) is 8.74. The fraction of sp³-hybridized carbons (Fsp3) is 0.562. The van der Waals surface area contributed by atoms with Crippen molar-refractivity contribution in [3.05, 3.63) is 35.9 Å². The van der Waals surface area contributed by atoms with Crippen molar-refractivity contribution in [1.29, 1.82) is 0 Å². The average molecular weight is 304 g/mol. The van der Waals surface area contributed by atoms with Crippen LogP contribution in [0.3, 0.4) is 0 Å². The van der Waals surface area contributed by atoms with Crippen LogP contribution in [0, 0.1) is 0 Å². The minimum absolute atomic E-state index is 0.202. The van der Waals surface area contributed by atoms with Crippen LogP contribution in [-0.2, 0) is 16.2 Å². The van der Waals surface area contributed by atoms with Gasteiger partial charge in [-0.15, -0.1) is 0 Å². The summed E-state index contributed by atoms with van der Waals surface area (Å²) in [5, 5.41) is 5.84. The van der Waals surface area contributed by atoms with Crippen molar-refractivity contribution < 1.29 is 9.63 Å². The SMILES string of the molecule is O=C1CCC[C@H]2ON(Cc3ccccc3)C3C2SC[C@@H]3N1. The van der Waals surface area contributed by atoms with Gasteiger partial charge in [0, 0.05) is 18.7 Å². The van der Waals surface area contributed by atoms with Gasteiger partial charge in [0.15, 0.2) is 0 Å². The van der Waals surface area contributed by atoms with Crippen molar-refractivity contribution in [1.82, 2.24) is 10.4 Å². The Bertz CT molecular complexity index is 524. The monoisotopic (exact) mass is 304 g/mol. The molecule has 3 aliphatic heterocycles. The number of amides is 1. The van der Waals surface area contributed by atoms with Gasteiger partial charge in [0.2, 0.25) is 5.91 Å². The van der Waals surface area contributed by atoms with E-state index in [1.165, 1.54) is 5.56 Å². The van der Waals surface area contributed by atoms with E-state index in [0.717, 1.165) is 25.1 Å². The smallest absolute Gasteiger partial charge is 0.220 e. The number of thioether (sulfide) groups is 1. The van der Waals surface area contributed by atoms with E-state index >= 15 is 0 Å². The van der Waals surface area contributed by atoms with E-state index in [1.807, 2.05) is 17.8 Å². The third-order valence-electron chi connectivity index (χ3n) is 4.61. The van der Waals surface area contributed by atoms with Gasteiger partial charge in [0.25, 0.3) is 0 Å². The lowest BCUT2D eigenvalue weighted by molar-refractivity contribution is -0.176. The normalized spacial score (nSPS) is 35.9. The minimum Gasteiger partial charge on any atom is -0.351 e. The van der Waals surface area contributed by atoms with E-state index < -0.39 is 0 Å². The Kier molecular flexibility index (Phi) is 3.65. The standard InChI is InChI=1S/C16H20N2O2S/c19-14-8-4-7-13-16-15(12(17-14)10-21-16)18(20-13)9-11-5-2-1-3-6-11/h1-3,5-6,12-13,15-16H,4,7-10H2,(H,17,19)/t12-,13+,15?,16?/m0/s1. The first-order chi connectivity index (χ1) is 10.3. The summed E-state index contributed by atoms with van der Waals surface area (Å²) in [5.41, 5.74) is 1.26. The van der Waals surface area contributed by atoms with Gasteiger partial charge < -0.3 is 5.32 Å². The van der Waals surface area contributed by atoms with Crippen LogP contribution in [0.5, 0.6) is 0 Å². The highest BCUT2D eigenvalue weighted by Gasteiger charge is 2.52. The van der Waals surface area contributed by atoms with Crippen LogP contribution < -0.4 is 5.32 Å². The van der Waals surface area contributed by atoms with E-state index in [2.05, 4.69) is 34.6 Å². The second-order valence-electron chi connectivity index (χ2n) is 6.06. The quantitative estimate of drug-likeness (QED) is 0.907. The second kappa shape index (κ2) is 5.63. The predicted molar refractivity (Wildman–Crippen MR) is 82.7 cm³/mol. The van der Waals surface area contributed by atoms with Crippen LogP contribution in [0.15, 0.2) is 30.3 Å². The van der Waals surface area contributed by atoms with E-state index in [1.54, 1.807) is 0 Å². The van der Waals surface area contributed by atoms with E-state index in [0.29, 0.717) is 17.7 Å². The lowest BCUT2D eigenvalue weighted by Gasteiger charge is -2.28. The van der Waals surface area contributed by atoms with Crippen LogP contribution >= 0.6 is 11.8 Å². The zero-order chi connectivity index (χ0) is 14.2. The molecule has 0 saturated carbocycles. The molecule has 1 aromatic carbocycles. The number of hydroxylamine groups is 2. The highest BCUT2D eigenvalue weighted by Crippen LogP contribution is 2.42. The molecule has 3 saturated heterocycles.